The summed E-state index contributed by atoms with van der Waals surface area (Å²) in [5.41, 5.74) is 0.541. The van der Waals surface area contributed by atoms with Crippen molar-refractivity contribution in [2.75, 3.05) is 0 Å². The molecule has 0 saturated heterocycles. The molecule has 4 heterocycles. The molecule has 5 nitrogen and oxygen atoms in total. The van der Waals surface area contributed by atoms with Crippen LogP contribution >= 0.6 is 0 Å². The van der Waals surface area contributed by atoms with Crippen molar-refractivity contribution >= 4 is 44.1 Å². The first-order valence-electron chi connectivity index (χ1n) is 22.2. The largest absolute Gasteiger partial charge is 0.459 e. The van der Waals surface area contributed by atoms with Gasteiger partial charge in [0.2, 0.25) is 5.71 Å². The molecule has 8 rings (SSSR count). The van der Waals surface area contributed by atoms with Crippen molar-refractivity contribution in [3.05, 3.63) is 111 Å². The number of aromatic nitrogens is 3. The van der Waals surface area contributed by atoms with Crippen LogP contribution in [0.1, 0.15) is 113 Å². The summed E-state index contributed by atoms with van der Waals surface area (Å²) in [5, 5.41) is -0.178. The van der Waals surface area contributed by atoms with Gasteiger partial charge in [0, 0.05) is 35.7 Å². The van der Waals surface area contributed by atoms with E-state index in [1.54, 1.807) is 12.1 Å². The smallest absolute Gasteiger partial charge is 0.416 e. The highest BCUT2D eigenvalue weighted by molar-refractivity contribution is 6.22. The number of halogens is 6. The lowest BCUT2D eigenvalue weighted by molar-refractivity contribution is -0.633. The second kappa shape index (κ2) is 13.5. The standard InChI is InChI=1S/C48H46F6N3O2/c1-23(2)33-21-29(46(8,9)10)22-34(24(3)4)41(33)57-36-15-13-12-14-35(36)56(11)45(57)37-25(5)16-17-32-39-38-26(6)27(7)58-43(38)40(55-44(39)59-42(32)37)28-18-30(47(49,50)51)20-31(19-28)48(52,53)54/h12-24H,1-11H3/q+1/i6D3,7D3. The van der Waals surface area contributed by atoms with Crippen LogP contribution < -0.4 is 4.57 Å². The fraction of sp³-hybridized carbons (Fsp3) is 0.333. The molecule has 306 valence electrons. The molecule has 0 fully saturated rings. The van der Waals surface area contributed by atoms with Gasteiger partial charge >= 0.3 is 12.4 Å². The SMILES string of the molecule is [2H]C([2H])([2H])c1oc2c(-c3cc(C(F)(F)F)cc(C(F)(F)F)c3)nc3oc4c(-c5n(-c6c(C(C)C)cc(C(C)(C)C)cc6C(C)C)c6ccccc6[n+]5C)c(C)ccc4c3c2c1C([2H])([2H])[2H]. The molecule has 0 amide bonds. The van der Waals surface area contributed by atoms with E-state index in [2.05, 4.69) is 70.1 Å². The third-order valence-corrected chi connectivity index (χ3v) is 11.2. The van der Waals surface area contributed by atoms with Gasteiger partial charge < -0.3 is 8.83 Å². The molecule has 0 bridgehead atoms. The van der Waals surface area contributed by atoms with Crippen LogP contribution in [0.25, 0.3) is 72.4 Å². The summed E-state index contributed by atoms with van der Waals surface area (Å²) in [5.74, 6) is -0.288. The predicted octanol–water partition coefficient (Wildman–Crippen LogP) is 14.3. The van der Waals surface area contributed by atoms with Gasteiger partial charge in [0.15, 0.2) is 22.2 Å². The van der Waals surface area contributed by atoms with Crippen molar-refractivity contribution in [2.45, 2.75) is 98.7 Å². The summed E-state index contributed by atoms with van der Waals surface area (Å²) in [6, 6.07) is 16.5. The van der Waals surface area contributed by atoms with Crippen molar-refractivity contribution in [1.29, 1.82) is 0 Å². The minimum Gasteiger partial charge on any atom is -0.459 e. The van der Waals surface area contributed by atoms with E-state index >= 15 is 0 Å². The minimum absolute atomic E-state index is 0.0426. The Morgan fingerprint density at radius 2 is 1.37 bits per heavy atom. The van der Waals surface area contributed by atoms with E-state index in [9.17, 15) is 26.3 Å². The molecule has 0 aliphatic carbocycles. The van der Waals surface area contributed by atoms with E-state index < -0.39 is 65.3 Å². The first-order valence-corrected chi connectivity index (χ1v) is 19.2. The lowest BCUT2D eigenvalue weighted by atomic mass is 9.81. The van der Waals surface area contributed by atoms with Crippen molar-refractivity contribution in [1.82, 2.24) is 9.55 Å². The molecule has 0 spiro atoms. The van der Waals surface area contributed by atoms with Gasteiger partial charge in [-0.05, 0) is 84.9 Å². The zero-order valence-corrected chi connectivity index (χ0v) is 33.9. The molecular weight excluding hydrogens is 765 g/mol. The number of benzene rings is 4. The second-order valence-electron chi connectivity index (χ2n) is 17.0. The number of nitrogens with zero attached hydrogens (tertiary/aromatic N) is 3. The van der Waals surface area contributed by atoms with Gasteiger partial charge in [0.1, 0.15) is 22.7 Å². The monoisotopic (exact) mass is 816 g/mol. The van der Waals surface area contributed by atoms with Gasteiger partial charge in [-0.2, -0.15) is 30.9 Å². The number of rotatable bonds is 5. The number of furan rings is 2. The molecule has 0 atom stereocenters. The van der Waals surface area contributed by atoms with Crippen LogP contribution in [0.4, 0.5) is 26.3 Å². The van der Waals surface area contributed by atoms with E-state index in [1.165, 1.54) is 0 Å². The van der Waals surface area contributed by atoms with Gasteiger partial charge in [-0.1, -0.05) is 84.9 Å². The van der Waals surface area contributed by atoms with Crippen LogP contribution in [-0.4, -0.2) is 9.55 Å². The van der Waals surface area contributed by atoms with Gasteiger partial charge in [0.25, 0.3) is 5.82 Å². The van der Waals surface area contributed by atoms with Crippen LogP contribution in [0, 0.1) is 20.6 Å². The van der Waals surface area contributed by atoms with E-state index in [0.717, 1.165) is 33.4 Å². The van der Waals surface area contributed by atoms with Gasteiger partial charge in [-0.25, -0.2) is 9.55 Å². The number of hydrogen-bond acceptors (Lipinski definition) is 3. The van der Waals surface area contributed by atoms with Crippen LogP contribution in [0.15, 0.2) is 75.6 Å². The lowest BCUT2D eigenvalue weighted by Crippen LogP contribution is -2.30. The van der Waals surface area contributed by atoms with Gasteiger partial charge in [0.05, 0.1) is 23.6 Å². The number of imidazole rings is 1. The first-order chi connectivity index (χ1) is 29.9. The number of aryl methyl sites for hydroxylation is 4. The molecule has 0 aliphatic rings. The maximum atomic E-state index is 14.3. The summed E-state index contributed by atoms with van der Waals surface area (Å²) in [6.45, 7) is 10.4. The van der Waals surface area contributed by atoms with Crippen LogP contribution in [0.2, 0.25) is 0 Å². The zero-order valence-electron chi connectivity index (χ0n) is 39.9. The summed E-state index contributed by atoms with van der Waals surface area (Å²) in [7, 11) is 1.90. The third kappa shape index (κ3) is 6.39. The van der Waals surface area contributed by atoms with Crippen molar-refractivity contribution in [2.24, 2.45) is 7.05 Å². The average Bonchev–Trinajstić information content (AvgIpc) is 3.86. The zero-order chi connectivity index (χ0) is 47.8. The van der Waals surface area contributed by atoms with Gasteiger partial charge in [-0.15, -0.1) is 0 Å². The summed E-state index contributed by atoms with van der Waals surface area (Å²) in [6.07, 6.45) is -10.5. The van der Waals surface area contributed by atoms with Gasteiger partial charge in [-0.3, -0.25) is 0 Å². The van der Waals surface area contributed by atoms with Crippen molar-refractivity contribution in [3.63, 3.8) is 0 Å². The van der Waals surface area contributed by atoms with Crippen molar-refractivity contribution in [3.8, 4) is 28.3 Å². The fourth-order valence-electron chi connectivity index (χ4n) is 8.19. The Bertz CT molecular complexity index is 3170. The molecule has 0 saturated carbocycles. The Balaban J connectivity index is 1.59. The summed E-state index contributed by atoms with van der Waals surface area (Å²) < 4.78 is 153. The summed E-state index contributed by atoms with van der Waals surface area (Å²) in [4.78, 5) is 4.52. The minimum atomic E-state index is -5.26. The normalized spacial score (nSPS) is 15.1. The molecule has 11 heteroatoms. The number of fused-ring (bicyclic) bond motifs is 6. The van der Waals surface area contributed by atoms with Crippen molar-refractivity contribution < 1.29 is 48.0 Å². The molecule has 4 aromatic heterocycles. The second-order valence-corrected chi connectivity index (χ2v) is 17.0. The quantitative estimate of drug-likeness (QED) is 0.128. The highest BCUT2D eigenvalue weighted by Crippen LogP contribution is 2.47. The Labute approximate surface area is 346 Å². The highest BCUT2D eigenvalue weighted by atomic mass is 19.4. The molecule has 4 aromatic carbocycles. The number of hydrogen-bond donors (Lipinski definition) is 0. The van der Waals surface area contributed by atoms with Crippen LogP contribution in [-0.2, 0) is 24.8 Å². The number of alkyl halides is 6. The molecule has 59 heavy (non-hydrogen) atoms. The predicted molar refractivity (Wildman–Crippen MR) is 221 cm³/mol. The number of pyridine rings is 1. The molecule has 0 N–H and O–H groups in total. The van der Waals surface area contributed by atoms with E-state index in [-0.39, 0.29) is 50.8 Å². The topological polar surface area (TPSA) is 48.0 Å². The Morgan fingerprint density at radius 1 is 0.746 bits per heavy atom. The maximum absolute atomic E-state index is 14.3. The Hall–Kier alpha value is -5.58. The van der Waals surface area contributed by atoms with E-state index in [4.69, 9.17) is 17.1 Å². The Morgan fingerprint density at radius 3 is 1.93 bits per heavy atom. The molecular formula is C48H46F6N3O2+. The first kappa shape index (κ1) is 33.3. The molecule has 0 unspecified atom stereocenters. The lowest BCUT2D eigenvalue weighted by Gasteiger charge is -2.26. The maximum Gasteiger partial charge on any atom is 0.416 e. The van der Waals surface area contributed by atoms with Crippen LogP contribution in [0.3, 0.4) is 0 Å². The van der Waals surface area contributed by atoms with E-state index in [1.807, 2.05) is 42.8 Å². The average molecular weight is 817 g/mol. The molecule has 8 aromatic rings. The van der Waals surface area contributed by atoms with Crippen LogP contribution in [0.5, 0.6) is 0 Å². The fourth-order valence-corrected chi connectivity index (χ4v) is 8.19. The number of para-hydroxylation sites is 2. The molecule has 0 radical (unpaired) electrons. The third-order valence-electron chi connectivity index (χ3n) is 11.2. The Kier molecular flexibility index (Phi) is 7.60. The summed E-state index contributed by atoms with van der Waals surface area (Å²) >= 11 is 0. The molecule has 0 aliphatic heterocycles. The van der Waals surface area contributed by atoms with E-state index in [0.29, 0.717) is 29.1 Å². The highest BCUT2D eigenvalue weighted by Gasteiger charge is 2.39.